The highest BCUT2D eigenvalue weighted by molar-refractivity contribution is 5.71. The average molecular weight is 468 g/mol. The zero-order valence-corrected chi connectivity index (χ0v) is 18.3. The predicted molar refractivity (Wildman–Crippen MR) is 122 cm³/mol. The maximum absolute atomic E-state index is 14.9. The summed E-state index contributed by atoms with van der Waals surface area (Å²) in [6, 6.07) is 19.8. The summed E-state index contributed by atoms with van der Waals surface area (Å²) in [5.41, 5.74) is 2.98. The van der Waals surface area contributed by atoms with Crippen molar-refractivity contribution in [3.05, 3.63) is 114 Å². The molecule has 0 fully saturated rings. The van der Waals surface area contributed by atoms with Gasteiger partial charge in [0.15, 0.2) is 11.6 Å². The third-order valence-electron chi connectivity index (χ3n) is 5.46. The second-order valence-corrected chi connectivity index (χ2v) is 7.91. The van der Waals surface area contributed by atoms with Gasteiger partial charge in [-0.25, -0.2) is 13.2 Å². The SMILES string of the molecule is CCCc1ccc(-c2ccc(-c3ccc(C(F)(F)Oc4ccc(F)c(F)c4)cc3)c(F)c2)cc1. The largest absolute Gasteiger partial charge is 0.429 e. The predicted octanol–water partition coefficient (Wildman–Crippen LogP) is 8.52. The van der Waals surface area contributed by atoms with Crippen LogP contribution >= 0.6 is 0 Å². The van der Waals surface area contributed by atoms with E-state index in [2.05, 4.69) is 11.7 Å². The molecule has 0 heterocycles. The van der Waals surface area contributed by atoms with Gasteiger partial charge in [0.25, 0.3) is 0 Å². The Bertz CT molecular complexity index is 1280. The molecule has 0 saturated heterocycles. The van der Waals surface area contributed by atoms with Gasteiger partial charge in [-0.15, -0.1) is 0 Å². The van der Waals surface area contributed by atoms with Crippen LogP contribution in [0.3, 0.4) is 0 Å². The average Bonchev–Trinajstić information content (AvgIpc) is 2.82. The lowest BCUT2D eigenvalue weighted by Gasteiger charge is -2.18. The van der Waals surface area contributed by atoms with Gasteiger partial charge in [0.05, 0.1) is 5.56 Å². The maximum atomic E-state index is 14.9. The van der Waals surface area contributed by atoms with E-state index >= 15 is 0 Å². The normalized spacial score (nSPS) is 11.5. The monoisotopic (exact) mass is 468 g/mol. The third kappa shape index (κ3) is 5.11. The Morgan fingerprint density at radius 3 is 1.91 bits per heavy atom. The van der Waals surface area contributed by atoms with Gasteiger partial charge in [0.1, 0.15) is 11.6 Å². The van der Waals surface area contributed by atoms with E-state index in [4.69, 9.17) is 0 Å². The van der Waals surface area contributed by atoms with Crippen molar-refractivity contribution in [2.45, 2.75) is 25.9 Å². The van der Waals surface area contributed by atoms with Crippen molar-refractivity contribution >= 4 is 0 Å². The van der Waals surface area contributed by atoms with E-state index in [1.54, 1.807) is 12.1 Å². The highest BCUT2D eigenvalue weighted by Crippen LogP contribution is 2.34. The first-order valence-corrected chi connectivity index (χ1v) is 10.8. The number of ether oxygens (including phenoxy) is 1. The molecular formula is C28H21F5O. The summed E-state index contributed by atoms with van der Waals surface area (Å²) in [7, 11) is 0. The molecule has 1 nitrogen and oxygen atoms in total. The van der Waals surface area contributed by atoms with E-state index in [1.807, 2.05) is 24.3 Å². The molecule has 174 valence electrons. The molecule has 4 rings (SSSR count). The van der Waals surface area contributed by atoms with Crippen LogP contribution in [0.5, 0.6) is 5.75 Å². The van der Waals surface area contributed by atoms with E-state index in [1.165, 1.54) is 23.8 Å². The van der Waals surface area contributed by atoms with Crippen LogP contribution < -0.4 is 4.74 Å². The smallest absolute Gasteiger partial charge is 0.426 e. The second-order valence-electron chi connectivity index (χ2n) is 7.91. The molecular weight excluding hydrogens is 447 g/mol. The highest BCUT2D eigenvalue weighted by Gasteiger charge is 2.34. The minimum atomic E-state index is -3.80. The number of hydrogen-bond donors (Lipinski definition) is 0. The van der Waals surface area contributed by atoms with Crippen LogP contribution in [0, 0.1) is 17.5 Å². The minimum absolute atomic E-state index is 0.266. The van der Waals surface area contributed by atoms with Crippen molar-refractivity contribution in [1.29, 1.82) is 0 Å². The Hall–Kier alpha value is -3.67. The summed E-state index contributed by atoms with van der Waals surface area (Å²) < 4.78 is 74.7. The third-order valence-corrected chi connectivity index (χ3v) is 5.46. The number of hydrogen-bond acceptors (Lipinski definition) is 1. The Labute approximate surface area is 194 Å². The lowest BCUT2D eigenvalue weighted by molar-refractivity contribution is -0.185. The first kappa shape index (κ1) is 23.5. The summed E-state index contributed by atoms with van der Waals surface area (Å²) >= 11 is 0. The molecule has 0 aliphatic carbocycles. The van der Waals surface area contributed by atoms with Crippen molar-refractivity contribution in [3.8, 4) is 28.0 Å². The molecule has 0 atom stereocenters. The Kier molecular flexibility index (Phi) is 6.68. The first-order chi connectivity index (χ1) is 16.3. The van der Waals surface area contributed by atoms with Crippen LogP contribution in [-0.4, -0.2) is 0 Å². The van der Waals surface area contributed by atoms with Crippen LogP contribution in [0.2, 0.25) is 0 Å². The zero-order chi connectivity index (χ0) is 24.3. The summed E-state index contributed by atoms with van der Waals surface area (Å²) in [6.07, 6.45) is -1.77. The van der Waals surface area contributed by atoms with Crippen molar-refractivity contribution in [3.63, 3.8) is 0 Å². The van der Waals surface area contributed by atoms with Gasteiger partial charge >= 0.3 is 6.11 Å². The number of alkyl halides is 2. The summed E-state index contributed by atoms with van der Waals surface area (Å²) in [4.78, 5) is 0. The van der Waals surface area contributed by atoms with Crippen LogP contribution in [0.25, 0.3) is 22.3 Å². The van der Waals surface area contributed by atoms with Gasteiger partial charge in [0, 0.05) is 11.6 Å². The molecule has 0 bridgehead atoms. The molecule has 0 spiro atoms. The molecule has 0 N–H and O–H groups in total. The van der Waals surface area contributed by atoms with Gasteiger partial charge in [-0.1, -0.05) is 61.9 Å². The summed E-state index contributed by atoms with van der Waals surface area (Å²) in [5, 5.41) is 0. The highest BCUT2D eigenvalue weighted by atomic mass is 19.3. The van der Waals surface area contributed by atoms with Gasteiger partial charge in [-0.3, -0.25) is 0 Å². The second kappa shape index (κ2) is 9.67. The van der Waals surface area contributed by atoms with Gasteiger partial charge in [-0.05, 0) is 59.0 Å². The van der Waals surface area contributed by atoms with Crippen molar-refractivity contribution in [2.75, 3.05) is 0 Å². The maximum Gasteiger partial charge on any atom is 0.426 e. The fourth-order valence-corrected chi connectivity index (χ4v) is 3.67. The lowest BCUT2D eigenvalue weighted by Crippen LogP contribution is -2.21. The van der Waals surface area contributed by atoms with Crippen molar-refractivity contribution < 1.29 is 26.7 Å². The molecule has 0 radical (unpaired) electrons. The quantitative estimate of drug-likeness (QED) is 0.247. The van der Waals surface area contributed by atoms with Gasteiger partial charge in [0.2, 0.25) is 0 Å². The Morgan fingerprint density at radius 2 is 1.29 bits per heavy atom. The molecule has 34 heavy (non-hydrogen) atoms. The van der Waals surface area contributed by atoms with Crippen LogP contribution in [0.15, 0.2) is 84.9 Å². The minimum Gasteiger partial charge on any atom is -0.429 e. The van der Waals surface area contributed by atoms with E-state index in [-0.39, 0.29) is 5.56 Å². The van der Waals surface area contributed by atoms with E-state index in [0.29, 0.717) is 23.3 Å². The van der Waals surface area contributed by atoms with Gasteiger partial charge in [-0.2, -0.15) is 8.78 Å². The molecule has 6 heteroatoms. The summed E-state index contributed by atoms with van der Waals surface area (Å²) in [5.74, 6) is -3.45. The number of benzene rings is 4. The first-order valence-electron chi connectivity index (χ1n) is 10.8. The summed E-state index contributed by atoms with van der Waals surface area (Å²) in [6.45, 7) is 2.11. The number of rotatable bonds is 7. The molecule has 0 aromatic heterocycles. The zero-order valence-electron chi connectivity index (χ0n) is 18.3. The van der Waals surface area contributed by atoms with Crippen molar-refractivity contribution in [2.24, 2.45) is 0 Å². The molecule has 0 aliphatic heterocycles. The topological polar surface area (TPSA) is 9.23 Å². The van der Waals surface area contributed by atoms with Gasteiger partial charge < -0.3 is 4.74 Å². The van der Waals surface area contributed by atoms with E-state index in [9.17, 15) is 22.0 Å². The number of halogens is 5. The molecule has 4 aromatic carbocycles. The molecule has 0 aliphatic rings. The fourth-order valence-electron chi connectivity index (χ4n) is 3.67. The Morgan fingerprint density at radius 1 is 0.647 bits per heavy atom. The number of aryl methyl sites for hydroxylation is 1. The Balaban J connectivity index is 1.53. The standard InChI is InChI=1S/C28H21F5O/c1-2-3-18-4-6-19(7-5-18)21-10-14-24(26(30)16-21)20-8-11-22(12-9-20)28(32,33)34-23-13-15-25(29)27(31)17-23/h4-17H,2-3H2,1H3. The van der Waals surface area contributed by atoms with E-state index < -0.39 is 34.9 Å². The van der Waals surface area contributed by atoms with Crippen LogP contribution in [0.1, 0.15) is 24.5 Å². The molecule has 0 amide bonds. The van der Waals surface area contributed by atoms with Crippen LogP contribution in [-0.2, 0) is 12.5 Å². The van der Waals surface area contributed by atoms with E-state index in [0.717, 1.165) is 36.6 Å². The van der Waals surface area contributed by atoms with Crippen molar-refractivity contribution in [1.82, 2.24) is 0 Å². The fraction of sp³-hybridized carbons (Fsp3) is 0.143. The molecule has 0 unspecified atom stereocenters. The van der Waals surface area contributed by atoms with Crippen LogP contribution in [0.4, 0.5) is 22.0 Å². The molecule has 0 saturated carbocycles. The molecule has 4 aromatic rings. The lowest BCUT2D eigenvalue weighted by atomic mass is 9.98.